The molecule has 2 rings (SSSR count). The van der Waals surface area contributed by atoms with Crippen LogP contribution in [0.4, 0.5) is 0 Å². The van der Waals surface area contributed by atoms with Crippen LogP contribution >= 0.6 is 0 Å². The summed E-state index contributed by atoms with van der Waals surface area (Å²) in [5, 5.41) is 0. The Morgan fingerprint density at radius 1 is 1.28 bits per heavy atom. The van der Waals surface area contributed by atoms with Gasteiger partial charge in [0, 0.05) is 18.6 Å². The maximum absolute atomic E-state index is 5.35. The lowest BCUT2D eigenvalue weighted by Gasteiger charge is -2.11. The van der Waals surface area contributed by atoms with E-state index < -0.39 is 0 Å². The first kappa shape index (κ1) is 14.2. The van der Waals surface area contributed by atoms with Gasteiger partial charge in [-0.25, -0.2) is 9.97 Å². The first-order valence-corrected chi connectivity index (χ1v) is 6.24. The van der Waals surface area contributed by atoms with Crippen LogP contribution in [0.25, 0.3) is 5.82 Å². The Morgan fingerprint density at radius 3 is 2.50 bits per heavy atom. The van der Waals surface area contributed by atoms with E-state index in [2.05, 4.69) is 23.8 Å². The van der Waals surface area contributed by atoms with Gasteiger partial charge in [0.2, 0.25) is 0 Å². The molecular weight excluding hydrogens is 226 g/mol. The highest BCUT2D eigenvalue weighted by molar-refractivity contribution is 5.43. The van der Waals surface area contributed by atoms with Crippen molar-refractivity contribution in [2.75, 3.05) is 7.11 Å². The lowest BCUT2D eigenvalue weighted by molar-refractivity contribution is 0.409. The van der Waals surface area contributed by atoms with Gasteiger partial charge < -0.3 is 4.74 Å². The van der Waals surface area contributed by atoms with E-state index in [4.69, 9.17) is 4.74 Å². The zero-order chi connectivity index (χ0) is 13.5. The van der Waals surface area contributed by atoms with Crippen molar-refractivity contribution < 1.29 is 4.74 Å². The molecule has 0 aromatic carbocycles. The van der Waals surface area contributed by atoms with Gasteiger partial charge in [0.05, 0.1) is 7.11 Å². The minimum atomic E-state index is 0.443. The molecule has 98 valence electrons. The summed E-state index contributed by atoms with van der Waals surface area (Å²) in [6, 6.07) is 2.02. The fraction of sp³-hybridized carbons (Fsp3) is 0.429. The highest BCUT2D eigenvalue weighted by Crippen LogP contribution is 2.24. The van der Waals surface area contributed by atoms with Crippen molar-refractivity contribution in [3.8, 4) is 11.6 Å². The van der Waals surface area contributed by atoms with Gasteiger partial charge >= 0.3 is 0 Å². The van der Waals surface area contributed by atoms with Crippen LogP contribution in [-0.2, 0) is 0 Å². The van der Waals surface area contributed by atoms with E-state index in [1.807, 2.05) is 36.9 Å². The molecule has 0 unspecified atom stereocenters. The van der Waals surface area contributed by atoms with Gasteiger partial charge in [-0.3, -0.25) is 4.57 Å². The molecule has 4 nitrogen and oxygen atoms in total. The second-order valence-electron chi connectivity index (χ2n) is 3.92. The zero-order valence-corrected chi connectivity index (χ0v) is 11.7. The molecule has 0 atom stereocenters. The van der Waals surface area contributed by atoms with E-state index in [9.17, 15) is 0 Å². The van der Waals surface area contributed by atoms with E-state index >= 15 is 0 Å². The van der Waals surface area contributed by atoms with E-state index in [1.165, 1.54) is 5.56 Å². The quantitative estimate of drug-likeness (QED) is 0.834. The third kappa shape index (κ3) is 3.09. The summed E-state index contributed by atoms with van der Waals surface area (Å²) in [4.78, 5) is 8.41. The summed E-state index contributed by atoms with van der Waals surface area (Å²) in [6.07, 6.45) is 7.15. The molecule has 0 saturated heterocycles. The van der Waals surface area contributed by atoms with E-state index in [0.717, 1.165) is 11.6 Å². The standard InChI is InChI=1S/C12H15N3O.C2H6/c1-9(2)10-6-11(16-3)12(14-7-10)15-5-4-13-8-15;1-2/h4-9H,1-3H3;1-2H3. The van der Waals surface area contributed by atoms with Crippen LogP contribution in [0.2, 0.25) is 0 Å². The lowest BCUT2D eigenvalue weighted by Crippen LogP contribution is -2.01. The highest BCUT2D eigenvalue weighted by Gasteiger charge is 2.09. The third-order valence-corrected chi connectivity index (χ3v) is 2.49. The fourth-order valence-electron chi connectivity index (χ4n) is 1.50. The molecular formula is C14H21N3O. The Hall–Kier alpha value is -1.84. The lowest BCUT2D eigenvalue weighted by atomic mass is 10.1. The van der Waals surface area contributed by atoms with Crippen LogP contribution in [0.3, 0.4) is 0 Å². The SMILES string of the molecule is CC.COc1cc(C(C)C)cnc1-n1ccnc1. The molecule has 0 fully saturated rings. The van der Waals surface area contributed by atoms with E-state index in [0.29, 0.717) is 5.92 Å². The Labute approximate surface area is 109 Å². The molecule has 0 amide bonds. The minimum absolute atomic E-state index is 0.443. The molecule has 18 heavy (non-hydrogen) atoms. The Kier molecular flexibility index (Phi) is 5.36. The molecule has 0 N–H and O–H groups in total. The van der Waals surface area contributed by atoms with Crippen LogP contribution in [0, 0.1) is 0 Å². The smallest absolute Gasteiger partial charge is 0.180 e. The molecule has 2 aromatic rings. The van der Waals surface area contributed by atoms with E-state index in [-0.39, 0.29) is 0 Å². The second-order valence-corrected chi connectivity index (χ2v) is 3.92. The molecule has 2 aromatic heterocycles. The number of imidazole rings is 1. The van der Waals surface area contributed by atoms with Crippen LogP contribution < -0.4 is 4.74 Å². The van der Waals surface area contributed by atoms with Crippen molar-refractivity contribution in [2.24, 2.45) is 0 Å². The highest BCUT2D eigenvalue weighted by atomic mass is 16.5. The summed E-state index contributed by atoms with van der Waals surface area (Å²) in [6.45, 7) is 8.26. The van der Waals surface area contributed by atoms with Crippen molar-refractivity contribution in [1.29, 1.82) is 0 Å². The molecule has 0 radical (unpaired) electrons. The number of hydrogen-bond donors (Lipinski definition) is 0. The predicted octanol–water partition coefficient (Wildman–Crippen LogP) is 3.43. The number of methoxy groups -OCH3 is 1. The molecule has 2 heterocycles. The Morgan fingerprint density at radius 2 is 2.00 bits per heavy atom. The number of ether oxygens (including phenoxy) is 1. The van der Waals surface area contributed by atoms with Gasteiger partial charge in [0.15, 0.2) is 11.6 Å². The molecule has 4 heteroatoms. The van der Waals surface area contributed by atoms with Gasteiger partial charge in [-0.1, -0.05) is 27.7 Å². The Balaban J connectivity index is 0.000000771. The number of pyridine rings is 1. The van der Waals surface area contributed by atoms with Crippen molar-refractivity contribution in [3.63, 3.8) is 0 Å². The van der Waals surface area contributed by atoms with Gasteiger partial charge in [-0.05, 0) is 17.5 Å². The summed E-state index contributed by atoms with van der Waals surface area (Å²) < 4.78 is 7.19. The largest absolute Gasteiger partial charge is 0.493 e. The van der Waals surface area contributed by atoms with Crippen LogP contribution in [0.5, 0.6) is 5.75 Å². The average molecular weight is 247 g/mol. The fourth-order valence-corrected chi connectivity index (χ4v) is 1.50. The summed E-state index contributed by atoms with van der Waals surface area (Å²) in [5.74, 6) is 1.98. The van der Waals surface area contributed by atoms with Gasteiger partial charge in [-0.15, -0.1) is 0 Å². The maximum Gasteiger partial charge on any atom is 0.180 e. The van der Waals surface area contributed by atoms with Crippen LogP contribution in [0.15, 0.2) is 31.0 Å². The van der Waals surface area contributed by atoms with Crippen molar-refractivity contribution >= 4 is 0 Å². The topological polar surface area (TPSA) is 39.9 Å². The first-order valence-electron chi connectivity index (χ1n) is 6.24. The first-order chi connectivity index (χ1) is 8.72. The van der Waals surface area contributed by atoms with Crippen molar-refractivity contribution in [1.82, 2.24) is 14.5 Å². The van der Waals surface area contributed by atoms with Gasteiger partial charge in [0.1, 0.15) is 6.33 Å². The molecule has 0 aliphatic carbocycles. The summed E-state index contributed by atoms with van der Waals surface area (Å²) in [7, 11) is 1.65. The van der Waals surface area contributed by atoms with Gasteiger partial charge in [-0.2, -0.15) is 0 Å². The normalized spacial score (nSPS) is 9.89. The molecule has 0 saturated carbocycles. The van der Waals surface area contributed by atoms with Crippen LogP contribution in [0.1, 0.15) is 39.2 Å². The molecule has 0 bridgehead atoms. The Bertz CT molecular complexity index is 464. The molecule has 0 spiro atoms. The molecule has 0 aliphatic heterocycles. The van der Waals surface area contributed by atoms with Crippen molar-refractivity contribution in [3.05, 3.63) is 36.5 Å². The molecule has 0 aliphatic rings. The summed E-state index contributed by atoms with van der Waals surface area (Å²) in [5.41, 5.74) is 1.17. The second kappa shape index (κ2) is 6.79. The number of aromatic nitrogens is 3. The average Bonchev–Trinajstić information content (AvgIpc) is 2.94. The monoisotopic (exact) mass is 247 g/mol. The maximum atomic E-state index is 5.35. The third-order valence-electron chi connectivity index (χ3n) is 2.49. The number of rotatable bonds is 3. The van der Waals surface area contributed by atoms with Crippen molar-refractivity contribution in [2.45, 2.75) is 33.6 Å². The number of nitrogens with zero attached hydrogens (tertiary/aromatic N) is 3. The minimum Gasteiger partial charge on any atom is -0.493 e. The number of hydrogen-bond acceptors (Lipinski definition) is 3. The predicted molar refractivity (Wildman–Crippen MR) is 73.3 cm³/mol. The summed E-state index contributed by atoms with van der Waals surface area (Å²) >= 11 is 0. The van der Waals surface area contributed by atoms with E-state index in [1.54, 1.807) is 19.6 Å². The zero-order valence-electron chi connectivity index (χ0n) is 11.7. The van der Waals surface area contributed by atoms with Crippen LogP contribution in [-0.4, -0.2) is 21.6 Å². The van der Waals surface area contributed by atoms with Gasteiger partial charge in [0.25, 0.3) is 0 Å².